The van der Waals surface area contributed by atoms with E-state index in [2.05, 4.69) is 34.1 Å². The van der Waals surface area contributed by atoms with Gasteiger partial charge in [0.15, 0.2) is 5.82 Å². The molecule has 1 amide bonds. The van der Waals surface area contributed by atoms with E-state index in [4.69, 9.17) is 0 Å². The van der Waals surface area contributed by atoms with E-state index in [0.717, 1.165) is 31.7 Å². The molecule has 22 heavy (non-hydrogen) atoms. The van der Waals surface area contributed by atoms with Crippen LogP contribution in [0.4, 0.5) is 5.82 Å². The third-order valence-corrected chi connectivity index (χ3v) is 5.02. The van der Waals surface area contributed by atoms with Crippen LogP contribution in [0.25, 0.3) is 0 Å². The van der Waals surface area contributed by atoms with Gasteiger partial charge in [0.05, 0.1) is 18.3 Å². The number of nitrogens with one attached hydrogen (secondary N) is 1. The molecular formula is C15H21N5OS. The average molecular weight is 319 g/mol. The highest BCUT2D eigenvalue weighted by atomic mass is 32.1. The zero-order valence-electron chi connectivity index (χ0n) is 13.2. The maximum absolute atomic E-state index is 11.1. The number of carbonyl (C=O) groups is 1. The third kappa shape index (κ3) is 3.36. The van der Waals surface area contributed by atoms with Crippen LogP contribution in [0, 0.1) is 13.8 Å². The van der Waals surface area contributed by atoms with Crippen molar-refractivity contribution in [1.82, 2.24) is 19.7 Å². The molecule has 1 unspecified atom stereocenters. The molecule has 0 aliphatic carbocycles. The second-order valence-electron chi connectivity index (χ2n) is 5.79. The molecule has 1 atom stereocenters. The first-order valence-electron chi connectivity index (χ1n) is 7.49. The zero-order chi connectivity index (χ0) is 15.7. The molecule has 3 rings (SSSR count). The second-order valence-corrected chi connectivity index (χ2v) is 7.08. The minimum absolute atomic E-state index is 0.0900. The zero-order valence-corrected chi connectivity index (χ0v) is 14.0. The lowest BCUT2D eigenvalue weighted by molar-refractivity contribution is -0.114. The molecule has 1 aliphatic heterocycles. The van der Waals surface area contributed by atoms with Crippen molar-refractivity contribution in [2.45, 2.75) is 39.8 Å². The van der Waals surface area contributed by atoms with Gasteiger partial charge in [0.1, 0.15) is 5.01 Å². The predicted octanol–water partition coefficient (Wildman–Crippen LogP) is 2.36. The van der Waals surface area contributed by atoms with Crippen LogP contribution in [0.15, 0.2) is 12.3 Å². The van der Waals surface area contributed by atoms with Gasteiger partial charge in [0, 0.05) is 37.2 Å². The molecule has 0 spiro atoms. The molecule has 3 heterocycles. The summed E-state index contributed by atoms with van der Waals surface area (Å²) in [6, 6.07) is 2.21. The first-order chi connectivity index (χ1) is 10.5. The minimum Gasteiger partial charge on any atom is -0.309 e. The van der Waals surface area contributed by atoms with E-state index in [0.29, 0.717) is 11.9 Å². The number of aromatic nitrogens is 3. The largest absolute Gasteiger partial charge is 0.309 e. The molecule has 2 aromatic rings. The van der Waals surface area contributed by atoms with Gasteiger partial charge in [-0.2, -0.15) is 5.10 Å². The number of thiazole rings is 1. The summed E-state index contributed by atoms with van der Waals surface area (Å²) in [5, 5.41) is 8.34. The number of carbonyl (C=O) groups excluding carboxylic acids is 1. The number of likely N-dealkylation sites (tertiary alicyclic amines) is 1. The van der Waals surface area contributed by atoms with Crippen molar-refractivity contribution in [3.8, 4) is 0 Å². The average Bonchev–Trinajstić information content (AvgIpc) is 3.12. The quantitative estimate of drug-likeness (QED) is 0.940. The minimum atomic E-state index is -0.0900. The van der Waals surface area contributed by atoms with Crippen LogP contribution < -0.4 is 5.32 Å². The van der Waals surface area contributed by atoms with Gasteiger partial charge < -0.3 is 5.32 Å². The topological polar surface area (TPSA) is 63.1 Å². The van der Waals surface area contributed by atoms with E-state index in [-0.39, 0.29) is 5.91 Å². The van der Waals surface area contributed by atoms with E-state index >= 15 is 0 Å². The first-order valence-corrected chi connectivity index (χ1v) is 8.31. The van der Waals surface area contributed by atoms with Crippen LogP contribution in [-0.2, 0) is 11.3 Å². The number of rotatable bonds is 4. The molecule has 118 valence electrons. The highest BCUT2D eigenvalue weighted by Gasteiger charge is 2.25. The van der Waals surface area contributed by atoms with E-state index in [1.54, 1.807) is 11.3 Å². The fourth-order valence-electron chi connectivity index (χ4n) is 2.76. The van der Waals surface area contributed by atoms with Crippen molar-refractivity contribution in [2.24, 2.45) is 0 Å². The normalized spacial score (nSPS) is 18.8. The molecule has 0 radical (unpaired) electrons. The molecule has 0 bridgehead atoms. The molecular weight excluding hydrogens is 298 g/mol. The van der Waals surface area contributed by atoms with Gasteiger partial charge in [-0.3, -0.25) is 14.4 Å². The van der Waals surface area contributed by atoms with Crippen molar-refractivity contribution in [2.75, 3.05) is 18.4 Å². The Labute approximate surface area is 134 Å². The monoisotopic (exact) mass is 319 g/mol. The lowest BCUT2D eigenvalue weighted by atomic mass is 10.3. The first kappa shape index (κ1) is 15.2. The highest BCUT2D eigenvalue weighted by Crippen LogP contribution is 2.25. The molecule has 1 aliphatic rings. The van der Waals surface area contributed by atoms with Crippen molar-refractivity contribution in [3.63, 3.8) is 0 Å². The summed E-state index contributed by atoms with van der Waals surface area (Å²) in [7, 11) is 0. The number of hydrogen-bond donors (Lipinski definition) is 1. The summed E-state index contributed by atoms with van der Waals surface area (Å²) in [6.07, 6.45) is 3.02. The Morgan fingerprint density at radius 1 is 1.50 bits per heavy atom. The summed E-state index contributed by atoms with van der Waals surface area (Å²) in [6.45, 7) is 8.62. The maximum Gasteiger partial charge on any atom is 0.222 e. The highest BCUT2D eigenvalue weighted by molar-refractivity contribution is 7.11. The van der Waals surface area contributed by atoms with Crippen LogP contribution >= 0.6 is 11.3 Å². The van der Waals surface area contributed by atoms with Gasteiger partial charge in [0.2, 0.25) is 5.91 Å². The Kier molecular flexibility index (Phi) is 4.26. The molecule has 1 saturated heterocycles. The van der Waals surface area contributed by atoms with Gasteiger partial charge in [0.25, 0.3) is 0 Å². The Bertz CT molecular complexity index is 658. The number of amides is 1. The Morgan fingerprint density at radius 2 is 2.32 bits per heavy atom. The van der Waals surface area contributed by atoms with Crippen LogP contribution in [0.3, 0.4) is 0 Å². The smallest absolute Gasteiger partial charge is 0.222 e. The molecule has 7 heteroatoms. The summed E-state index contributed by atoms with van der Waals surface area (Å²) >= 11 is 1.79. The molecule has 0 aromatic carbocycles. The van der Waals surface area contributed by atoms with Crippen molar-refractivity contribution in [1.29, 1.82) is 0 Å². The number of nitrogens with zero attached hydrogens (tertiary/aromatic N) is 4. The molecule has 0 saturated carbocycles. The van der Waals surface area contributed by atoms with Crippen LogP contribution in [0.5, 0.6) is 0 Å². The van der Waals surface area contributed by atoms with Gasteiger partial charge >= 0.3 is 0 Å². The number of hydrogen-bond acceptors (Lipinski definition) is 5. The van der Waals surface area contributed by atoms with Crippen LogP contribution in [0.1, 0.15) is 35.0 Å². The number of aryl methyl sites for hydroxylation is 2. The fraction of sp³-hybridized carbons (Fsp3) is 0.533. The summed E-state index contributed by atoms with van der Waals surface area (Å²) in [5.41, 5.74) is 1.14. The summed E-state index contributed by atoms with van der Waals surface area (Å²) in [5.74, 6) is 0.532. The van der Waals surface area contributed by atoms with Crippen molar-refractivity contribution in [3.05, 3.63) is 27.8 Å². The van der Waals surface area contributed by atoms with E-state index in [1.807, 2.05) is 16.9 Å². The summed E-state index contributed by atoms with van der Waals surface area (Å²) in [4.78, 5) is 19.4. The Hall–Kier alpha value is -1.73. The van der Waals surface area contributed by atoms with Gasteiger partial charge in [-0.1, -0.05) is 0 Å². The van der Waals surface area contributed by atoms with E-state index in [1.165, 1.54) is 16.8 Å². The second kappa shape index (κ2) is 6.18. The molecule has 1 fully saturated rings. The van der Waals surface area contributed by atoms with Crippen LogP contribution in [0.2, 0.25) is 0 Å². The SMILES string of the molecule is CC(=O)Nc1ccn(C2CCN(Cc3nc(C)c(C)s3)C2)n1. The van der Waals surface area contributed by atoms with E-state index < -0.39 is 0 Å². The third-order valence-electron chi connectivity index (χ3n) is 3.97. The van der Waals surface area contributed by atoms with E-state index in [9.17, 15) is 4.79 Å². The Balaban J connectivity index is 1.59. The van der Waals surface area contributed by atoms with Gasteiger partial charge in [-0.15, -0.1) is 11.3 Å². The lowest BCUT2D eigenvalue weighted by Crippen LogP contribution is -2.21. The van der Waals surface area contributed by atoms with Crippen molar-refractivity contribution < 1.29 is 4.79 Å². The summed E-state index contributed by atoms with van der Waals surface area (Å²) < 4.78 is 1.96. The Morgan fingerprint density at radius 3 is 3.00 bits per heavy atom. The molecule has 1 N–H and O–H groups in total. The standard InChI is InChI=1S/C15H21N5OS/c1-10-11(2)22-15(16-10)9-19-6-4-13(8-19)20-7-5-14(18-20)17-12(3)21/h5,7,13H,4,6,8-9H2,1-3H3,(H,17,18,21). The predicted molar refractivity (Wildman–Crippen MR) is 87.0 cm³/mol. The molecule has 6 nitrogen and oxygen atoms in total. The lowest BCUT2D eigenvalue weighted by Gasteiger charge is -2.14. The van der Waals surface area contributed by atoms with Gasteiger partial charge in [-0.05, 0) is 20.3 Å². The van der Waals surface area contributed by atoms with Crippen molar-refractivity contribution >= 4 is 23.1 Å². The van der Waals surface area contributed by atoms with Crippen LogP contribution in [-0.4, -0.2) is 38.7 Å². The van der Waals surface area contributed by atoms with Gasteiger partial charge in [-0.25, -0.2) is 4.98 Å². The fourth-order valence-corrected chi connectivity index (χ4v) is 3.73. The maximum atomic E-state index is 11.1. The molecule has 2 aromatic heterocycles. The number of anilines is 1.